The quantitative estimate of drug-likeness (QED) is 0.867. The van der Waals surface area contributed by atoms with E-state index in [9.17, 15) is 9.90 Å². The summed E-state index contributed by atoms with van der Waals surface area (Å²) in [5, 5.41) is 9.50. The van der Waals surface area contributed by atoms with Crippen molar-refractivity contribution >= 4 is 5.97 Å². The highest BCUT2D eigenvalue weighted by Crippen LogP contribution is 2.44. The molecule has 17 heavy (non-hydrogen) atoms. The van der Waals surface area contributed by atoms with Crippen molar-refractivity contribution in [2.75, 3.05) is 0 Å². The first-order chi connectivity index (χ1) is 8.02. The van der Waals surface area contributed by atoms with Crippen LogP contribution in [0.15, 0.2) is 24.3 Å². The molecule has 0 bridgehead atoms. The molecule has 0 radical (unpaired) electrons. The number of carboxylic acid groups (broad SMARTS) is 1. The molecule has 1 aliphatic carbocycles. The number of hydrogen-bond acceptors (Lipinski definition) is 1. The monoisotopic (exact) mass is 232 g/mol. The van der Waals surface area contributed by atoms with Gasteiger partial charge in [0.15, 0.2) is 0 Å². The third-order valence-electron chi connectivity index (χ3n) is 3.97. The zero-order chi connectivity index (χ0) is 12.5. The lowest BCUT2D eigenvalue weighted by atomic mass is 9.79. The first kappa shape index (κ1) is 12.2. The Morgan fingerprint density at radius 3 is 2.53 bits per heavy atom. The zero-order valence-corrected chi connectivity index (χ0v) is 10.6. The van der Waals surface area contributed by atoms with E-state index in [4.69, 9.17) is 0 Å². The Bertz CT molecular complexity index is 407. The highest BCUT2D eigenvalue weighted by molar-refractivity contribution is 5.75. The molecule has 0 aromatic heterocycles. The smallest absolute Gasteiger partial charge is 0.309 e. The summed E-state index contributed by atoms with van der Waals surface area (Å²) in [6.45, 7) is 4.20. The summed E-state index contributed by atoms with van der Waals surface area (Å²) >= 11 is 0. The summed E-state index contributed by atoms with van der Waals surface area (Å²) in [5.41, 5.74) is 1.85. The normalized spacial score (nSPS) is 28.2. The van der Waals surface area contributed by atoms with Gasteiger partial charge in [-0.2, -0.15) is 0 Å². The molecule has 0 aliphatic heterocycles. The third-order valence-corrected chi connectivity index (χ3v) is 3.97. The summed E-state index contributed by atoms with van der Waals surface area (Å²) in [4.78, 5) is 11.5. The summed E-state index contributed by atoms with van der Waals surface area (Å²) in [6.07, 6.45) is 3.35. The Labute approximate surface area is 103 Å². The molecule has 1 fully saturated rings. The Kier molecular flexibility index (Phi) is 3.23. The molecule has 0 amide bonds. The average molecular weight is 232 g/mol. The molecule has 0 heterocycles. The van der Waals surface area contributed by atoms with Crippen LogP contribution >= 0.6 is 0 Å². The van der Waals surface area contributed by atoms with Crippen LogP contribution in [0.1, 0.15) is 37.3 Å². The molecule has 1 aromatic carbocycles. The van der Waals surface area contributed by atoms with E-state index in [0.717, 1.165) is 24.8 Å². The lowest BCUT2D eigenvalue weighted by molar-refractivity contribution is -0.148. The van der Waals surface area contributed by atoms with Crippen LogP contribution < -0.4 is 0 Å². The van der Waals surface area contributed by atoms with Gasteiger partial charge in [0.25, 0.3) is 0 Å². The SMILES string of the molecule is Cc1ccc(CC2(C(=O)O)CCC(C)C2)cc1. The van der Waals surface area contributed by atoms with E-state index in [1.807, 2.05) is 6.92 Å². The molecule has 2 nitrogen and oxygen atoms in total. The van der Waals surface area contributed by atoms with Crippen LogP contribution in [-0.4, -0.2) is 11.1 Å². The van der Waals surface area contributed by atoms with Crippen molar-refractivity contribution in [2.24, 2.45) is 11.3 Å². The number of carbonyl (C=O) groups is 1. The van der Waals surface area contributed by atoms with Gasteiger partial charge in [-0.05, 0) is 44.1 Å². The number of aliphatic carboxylic acids is 1. The van der Waals surface area contributed by atoms with Crippen molar-refractivity contribution in [3.63, 3.8) is 0 Å². The lowest BCUT2D eigenvalue weighted by Crippen LogP contribution is -2.30. The maximum absolute atomic E-state index is 11.5. The van der Waals surface area contributed by atoms with Gasteiger partial charge in [-0.25, -0.2) is 0 Å². The fourth-order valence-corrected chi connectivity index (χ4v) is 2.92. The van der Waals surface area contributed by atoms with Crippen molar-refractivity contribution < 1.29 is 9.90 Å². The minimum Gasteiger partial charge on any atom is -0.481 e. The Morgan fingerprint density at radius 1 is 1.41 bits per heavy atom. The summed E-state index contributed by atoms with van der Waals surface area (Å²) in [7, 11) is 0. The van der Waals surface area contributed by atoms with Gasteiger partial charge in [0.1, 0.15) is 0 Å². The van der Waals surface area contributed by atoms with Gasteiger partial charge < -0.3 is 5.11 Å². The second kappa shape index (κ2) is 4.52. The number of hydrogen-bond donors (Lipinski definition) is 1. The minimum absolute atomic E-state index is 0.519. The van der Waals surface area contributed by atoms with Crippen LogP contribution in [0.5, 0.6) is 0 Å². The molecule has 1 saturated carbocycles. The standard InChI is InChI=1S/C15H20O2/c1-11-3-5-13(6-4-11)10-15(14(16)17)8-7-12(2)9-15/h3-6,12H,7-10H2,1-2H3,(H,16,17). The predicted molar refractivity (Wildman–Crippen MR) is 68.0 cm³/mol. The highest BCUT2D eigenvalue weighted by Gasteiger charge is 2.43. The molecular formula is C15H20O2. The van der Waals surface area contributed by atoms with Crippen LogP contribution in [0.3, 0.4) is 0 Å². The number of aryl methyl sites for hydroxylation is 1. The van der Waals surface area contributed by atoms with Crippen LogP contribution in [0, 0.1) is 18.3 Å². The van der Waals surface area contributed by atoms with Crippen molar-refractivity contribution in [2.45, 2.75) is 39.5 Å². The molecule has 1 aromatic rings. The molecule has 0 saturated heterocycles. The topological polar surface area (TPSA) is 37.3 Å². The Morgan fingerprint density at radius 2 is 2.06 bits per heavy atom. The van der Waals surface area contributed by atoms with Gasteiger partial charge >= 0.3 is 5.97 Å². The lowest BCUT2D eigenvalue weighted by Gasteiger charge is -2.24. The van der Waals surface area contributed by atoms with Crippen molar-refractivity contribution in [1.82, 2.24) is 0 Å². The van der Waals surface area contributed by atoms with Gasteiger partial charge in [-0.15, -0.1) is 0 Å². The van der Waals surface area contributed by atoms with E-state index in [0.29, 0.717) is 12.3 Å². The molecule has 92 valence electrons. The number of rotatable bonds is 3. The van der Waals surface area contributed by atoms with Gasteiger partial charge in [0, 0.05) is 0 Å². The van der Waals surface area contributed by atoms with Crippen LogP contribution in [-0.2, 0) is 11.2 Å². The van der Waals surface area contributed by atoms with E-state index < -0.39 is 11.4 Å². The fourth-order valence-electron chi connectivity index (χ4n) is 2.92. The van der Waals surface area contributed by atoms with Crippen LogP contribution in [0.4, 0.5) is 0 Å². The van der Waals surface area contributed by atoms with E-state index in [-0.39, 0.29) is 0 Å². The third kappa shape index (κ3) is 2.51. The van der Waals surface area contributed by atoms with E-state index in [1.54, 1.807) is 0 Å². The molecule has 1 aliphatic rings. The van der Waals surface area contributed by atoms with Gasteiger partial charge in [-0.3, -0.25) is 4.79 Å². The van der Waals surface area contributed by atoms with Crippen molar-refractivity contribution in [3.8, 4) is 0 Å². The van der Waals surface area contributed by atoms with Crippen LogP contribution in [0.25, 0.3) is 0 Å². The van der Waals surface area contributed by atoms with E-state index in [1.165, 1.54) is 5.56 Å². The van der Waals surface area contributed by atoms with Gasteiger partial charge in [0.2, 0.25) is 0 Å². The summed E-state index contributed by atoms with van der Waals surface area (Å²) in [5.74, 6) is -0.0843. The largest absolute Gasteiger partial charge is 0.481 e. The summed E-state index contributed by atoms with van der Waals surface area (Å²) < 4.78 is 0. The van der Waals surface area contributed by atoms with Crippen molar-refractivity contribution in [1.29, 1.82) is 0 Å². The molecule has 1 N–H and O–H groups in total. The maximum atomic E-state index is 11.5. The second-order valence-electron chi connectivity index (χ2n) is 5.60. The molecule has 2 atom stereocenters. The Balaban J connectivity index is 2.19. The maximum Gasteiger partial charge on any atom is 0.309 e. The predicted octanol–water partition coefficient (Wildman–Crippen LogP) is 3.43. The molecule has 2 rings (SSSR count). The van der Waals surface area contributed by atoms with Gasteiger partial charge in [-0.1, -0.05) is 36.8 Å². The van der Waals surface area contributed by atoms with E-state index in [2.05, 4.69) is 31.2 Å². The first-order valence-corrected chi connectivity index (χ1v) is 6.31. The summed E-state index contributed by atoms with van der Waals surface area (Å²) in [6, 6.07) is 8.23. The highest BCUT2D eigenvalue weighted by atomic mass is 16.4. The second-order valence-corrected chi connectivity index (χ2v) is 5.60. The molecule has 2 unspecified atom stereocenters. The number of carboxylic acids is 1. The number of benzene rings is 1. The molecular weight excluding hydrogens is 212 g/mol. The van der Waals surface area contributed by atoms with E-state index >= 15 is 0 Å². The minimum atomic E-state index is -0.623. The first-order valence-electron chi connectivity index (χ1n) is 6.31. The Hall–Kier alpha value is -1.31. The van der Waals surface area contributed by atoms with Crippen LogP contribution in [0.2, 0.25) is 0 Å². The van der Waals surface area contributed by atoms with Crippen molar-refractivity contribution in [3.05, 3.63) is 35.4 Å². The fraction of sp³-hybridized carbons (Fsp3) is 0.533. The zero-order valence-electron chi connectivity index (χ0n) is 10.6. The molecule has 2 heteroatoms. The molecule has 0 spiro atoms. The van der Waals surface area contributed by atoms with Gasteiger partial charge in [0.05, 0.1) is 5.41 Å². The average Bonchev–Trinajstić information content (AvgIpc) is 2.65.